The van der Waals surface area contributed by atoms with E-state index in [-0.39, 0.29) is 17.8 Å². The molecule has 6 heteroatoms. The maximum Gasteiger partial charge on any atom is 0.410 e. The number of nitrogens with zero attached hydrogens (tertiary/aromatic N) is 2. The molecule has 0 aromatic heterocycles. The summed E-state index contributed by atoms with van der Waals surface area (Å²) in [5.41, 5.74) is 0.435. The molecule has 1 aromatic carbocycles. The molecule has 2 aliphatic heterocycles. The van der Waals surface area contributed by atoms with Crippen LogP contribution in [0.1, 0.15) is 83.6 Å². The lowest BCUT2D eigenvalue weighted by Gasteiger charge is -2.38. The first-order valence-corrected chi connectivity index (χ1v) is 11.8. The Bertz CT molecular complexity index is 834. The molecule has 31 heavy (non-hydrogen) atoms. The highest BCUT2D eigenvalue weighted by Crippen LogP contribution is 2.44. The number of hydrogen-bond donors (Lipinski definition) is 0. The maximum absolute atomic E-state index is 15.0. The van der Waals surface area contributed by atoms with Crippen LogP contribution in [0.4, 0.5) is 14.9 Å². The predicted molar refractivity (Wildman–Crippen MR) is 119 cm³/mol. The summed E-state index contributed by atoms with van der Waals surface area (Å²) in [5, 5.41) is 0. The molecule has 4 rings (SSSR count). The topological polar surface area (TPSA) is 49.9 Å². The monoisotopic (exact) mass is 430 g/mol. The first-order valence-electron chi connectivity index (χ1n) is 11.8. The number of anilines is 1. The minimum atomic E-state index is -0.534. The van der Waals surface area contributed by atoms with E-state index >= 15 is 4.39 Å². The van der Waals surface area contributed by atoms with Crippen molar-refractivity contribution in [2.24, 2.45) is 5.41 Å². The lowest BCUT2D eigenvalue weighted by Crippen LogP contribution is -2.48. The van der Waals surface area contributed by atoms with E-state index in [1.54, 1.807) is 21.9 Å². The van der Waals surface area contributed by atoms with E-state index in [4.69, 9.17) is 4.74 Å². The van der Waals surface area contributed by atoms with Gasteiger partial charge in [-0.1, -0.05) is 25.3 Å². The lowest BCUT2D eigenvalue weighted by molar-refractivity contribution is -0.128. The molecule has 3 aliphatic rings. The van der Waals surface area contributed by atoms with Gasteiger partial charge in [0.05, 0.1) is 11.1 Å². The second-order valence-corrected chi connectivity index (χ2v) is 10.5. The van der Waals surface area contributed by atoms with E-state index in [2.05, 4.69) is 0 Å². The van der Waals surface area contributed by atoms with E-state index in [1.807, 2.05) is 26.8 Å². The largest absolute Gasteiger partial charge is 0.444 e. The molecule has 1 aliphatic carbocycles. The van der Waals surface area contributed by atoms with Gasteiger partial charge in [-0.3, -0.25) is 4.79 Å². The number of halogens is 1. The number of carbonyl (C=O) groups is 2. The Morgan fingerprint density at radius 2 is 1.71 bits per heavy atom. The SMILES string of the molecule is CC(C)(C)OC(=O)N1CCC2(CC1)CCN(c1ccc(C3CCCCC3)cc1F)C2=O. The molecule has 1 spiro atoms. The number of carbonyl (C=O) groups excluding carboxylic acids is 2. The number of amides is 2. The van der Waals surface area contributed by atoms with Gasteiger partial charge in [0, 0.05) is 19.6 Å². The van der Waals surface area contributed by atoms with Crippen LogP contribution in [0.2, 0.25) is 0 Å². The molecule has 0 N–H and O–H groups in total. The van der Waals surface area contributed by atoms with E-state index in [9.17, 15) is 9.59 Å². The van der Waals surface area contributed by atoms with Gasteiger partial charge in [-0.05, 0) is 76.5 Å². The molecule has 2 amide bonds. The van der Waals surface area contributed by atoms with Gasteiger partial charge >= 0.3 is 6.09 Å². The molecule has 0 atom stereocenters. The molecular formula is C25H35FN2O3. The van der Waals surface area contributed by atoms with Crippen LogP contribution < -0.4 is 4.90 Å². The molecule has 0 unspecified atom stereocenters. The van der Waals surface area contributed by atoms with Gasteiger partial charge in [0.1, 0.15) is 11.4 Å². The third-order valence-corrected chi connectivity index (χ3v) is 7.22. The van der Waals surface area contributed by atoms with E-state index in [1.165, 1.54) is 19.3 Å². The smallest absolute Gasteiger partial charge is 0.410 e. The Hall–Kier alpha value is -2.11. The van der Waals surface area contributed by atoms with Crippen molar-refractivity contribution in [3.63, 3.8) is 0 Å². The van der Waals surface area contributed by atoms with Gasteiger partial charge in [0.2, 0.25) is 5.91 Å². The molecule has 1 saturated carbocycles. The lowest BCUT2D eigenvalue weighted by atomic mass is 9.77. The van der Waals surface area contributed by atoms with Crippen LogP contribution in [0.5, 0.6) is 0 Å². The number of piperidine rings is 1. The zero-order chi connectivity index (χ0) is 22.2. The van der Waals surface area contributed by atoms with Gasteiger partial charge < -0.3 is 14.5 Å². The summed E-state index contributed by atoms with van der Waals surface area (Å²) in [4.78, 5) is 29.0. The minimum absolute atomic E-state index is 0.000607. The van der Waals surface area contributed by atoms with Crippen molar-refractivity contribution >= 4 is 17.7 Å². The zero-order valence-electron chi connectivity index (χ0n) is 19.1. The van der Waals surface area contributed by atoms with Crippen LogP contribution in [0.3, 0.4) is 0 Å². The van der Waals surface area contributed by atoms with Crippen molar-refractivity contribution in [2.45, 2.75) is 83.7 Å². The average Bonchev–Trinajstić information content (AvgIpc) is 3.03. The molecule has 5 nitrogen and oxygen atoms in total. The standard InChI is InChI=1S/C25H35FN2O3/c1-24(2,3)31-23(30)27-14-11-25(12-15-27)13-16-28(22(25)29)21-10-9-19(17-20(21)26)18-7-5-4-6-8-18/h9-10,17-18H,4-8,11-16H2,1-3H3. The first-order chi connectivity index (χ1) is 14.7. The van der Waals surface area contributed by atoms with Crippen molar-refractivity contribution in [1.82, 2.24) is 4.90 Å². The van der Waals surface area contributed by atoms with Gasteiger partial charge in [0.15, 0.2) is 0 Å². The Balaban J connectivity index is 1.42. The Morgan fingerprint density at radius 1 is 1.06 bits per heavy atom. The summed E-state index contributed by atoms with van der Waals surface area (Å²) in [6.45, 7) is 7.08. The fraction of sp³-hybridized carbons (Fsp3) is 0.680. The summed E-state index contributed by atoms with van der Waals surface area (Å²) in [6.07, 6.45) is 7.52. The zero-order valence-corrected chi connectivity index (χ0v) is 19.1. The molecule has 0 radical (unpaired) electrons. The highest BCUT2D eigenvalue weighted by atomic mass is 19.1. The normalized spacial score (nSPS) is 22.3. The third kappa shape index (κ3) is 4.58. The van der Waals surface area contributed by atoms with E-state index in [0.717, 1.165) is 18.4 Å². The van der Waals surface area contributed by atoms with Crippen LogP contribution in [0, 0.1) is 11.2 Å². The van der Waals surface area contributed by atoms with E-state index < -0.39 is 11.0 Å². The molecular weight excluding hydrogens is 395 g/mol. The van der Waals surface area contributed by atoms with Crippen molar-refractivity contribution < 1.29 is 18.7 Å². The number of rotatable bonds is 2. The van der Waals surface area contributed by atoms with Crippen molar-refractivity contribution in [3.8, 4) is 0 Å². The highest BCUT2D eigenvalue weighted by Gasteiger charge is 2.49. The van der Waals surface area contributed by atoms with Gasteiger partial charge in [-0.25, -0.2) is 9.18 Å². The molecule has 2 saturated heterocycles. The third-order valence-electron chi connectivity index (χ3n) is 7.22. The highest BCUT2D eigenvalue weighted by molar-refractivity contribution is 6.00. The van der Waals surface area contributed by atoms with Crippen LogP contribution in [0.25, 0.3) is 0 Å². The Kier molecular flexibility index (Phi) is 6.01. The van der Waals surface area contributed by atoms with Gasteiger partial charge in [-0.15, -0.1) is 0 Å². The van der Waals surface area contributed by atoms with Crippen LogP contribution in [0.15, 0.2) is 18.2 Å². The summed E-state index contributed by atoms with van der Waals surface area (Å²) >= 11 is 0. The summed E-state index contributed by atoms with van der Waals surface area (Å²) < 4.78 is 20.5. The van der Waals surface area contributed by atoms with Gasteiger partial charge in [0.25, 0.3) is 0 Å². The minimum Gasteiger partial charge on any atom is -0.444 e. The fourth-order valence-corrected chi connectivity index (χ4v) is 5.39. The Morgan fingerprint density at radius 3 is 2.32 bits per heavy atom. The number of ether oxygens (including phenoxy) is 1. The Labute approximate surface area is 184 Å². The fourth-order valence-electron chi connectivity index (χ4n) is 5.39. The summed E-state index contributed by atoms with van der Waals surface area (Å²) in [6, 6.07) is 5.46. The number of likely N-dealkylation sites (tertiary alicyclic amines) is 1. The summed E-state index contributed by atoms with van der Waals surface area (Å²) in [7, 11) is 0. The molecule has 170 valence electrons. The second kappa shape index (κ2) is 8.44. The van der Waals surface area contributed by atoms with Crippen LogP contribution >= 0.6 is 0 Å². The average molecular weight is 431 g/mol. The first kappa shape index (κ1) is 22.1. The second-order valence-electron chi connectivity index (χ2n) is 10.5. The number of benzene rings is 1. The number of hydrogen-bond acceptors (Lipinski definition) is 3. The molecule has 0 bridgehead atoms. The summed E-state index contributed by atoms with van der Waals surface area (Å²) in [5.74, 6) is 0.149. The van der Waals surface area contributed by atoms with Crippen LogP contribution in [-0.4, -0.2) is 42.1 Å². The predicted octanol–water partition coefficient (Wildman–Crippen LogP) is 5.63. The molecule has 3 fully saturated rings. The van der Waals surface area contributed by atoms with Gasteiger partial charge in [-0.2, -0.15) is 0 Å². The quantitative estimate of drug-likeness (QED) is 0.611. The van der Waals surface area contributed by atoms with Crippen LogP contribution in [-0.2, 0) is 9.53 Å². The molecule has 1 aromatic rings. The molecule has 2 heterocycles. The van der Waals surface area contributed by atoms with Crippen molar-refractivity contribution in [3.05, 3.63) is 29.6 Å². The maximum atomic E-state index is 15.0. The van der Waals surface area contributed by atoms with E-state index in [0.29, 0.717) is 50.5 Å². The van der Waals surface area contributed by atoms with Crippen molar-refractivity contribution in [2.75, 3.05) is 24.5 Å². The van der Waals surface area contributed by atoms with Crippen molar-refractivity contribution in [1.29, 1.82) is 0 Å².